The van der Waals surface area contributed by atoms with Crippen molar-refractivity contribution in [2.75, 3.05) is 10.6 Å². The molecular formula is C14H12Cl2N2O2. The third-order valence-corrected chi connectivity index (χ3v) is 3.22. The molecule has 0 unspecified atom stereocenters. The molecule has 0 heterocycles. The number of amides is 2. The molecule has 0 aliphatic heterocycles. The standard InChI is InChI=1S/C14H12Cl2N2O2/c1-8-3-2-4-10(16)13(8)18-14(20)17-11-7-9(15)5-6-12(11)19/h2-7,19H,1H3,(H2,17,18,20). The second-order valence-electron chi connectivity index (χ2n) is 4.17. The Morgan fingerprint density at radius 3 is 2.60 bits per heavy atom. The van der Waals surface area contributed by atoms with Crippen molar-refractivity contribution in [1.82, 2.24) is 0 Å². The summed E-state index contributed by atoms with van der Waals surface area (Å²) in [5.41, 5.74) is 1.58. The highest BCUT2D eigenvalue weighted by Crippen LogP contribution is 2.28. The number of benzene rings is 2. The number of phenolic OH excluding ortho intramolecular Hbond substituents is 1. The summed E-state index contributed by atoms with van der Waals surface area (Å²) in [7, 11) is 0. The zero-order valence-electron chi connectivity index (χ0n) is 10.6. The van der Waals surface area contributed by atoms with E-state index in [1.807, 2.05) is 13.0 Å². The maximum atomic E-state index is 11.9. The Bertz CT molecular complexity index is 639. The lowest BCUT2D eigenvalue weighted by Gasteiger charge is -2.12. The normalized spacial score (nSPS) is 10.2. The van der Waals surface area contributed by atoms with Crippen LogP contribution in [0.1, 0.15) is 5.56 Å². The minimum absolute atomic E-state index is 0.0690. The Hall–Kier alpha value is -1.91. The van der Waals surface area contributed by atoms with Crippen LogP contribution in [0.4, 0.5) is 16.2 Å². The minimum atomic E-state index is -0.515. The maximum absolute atomic E-state index is 11.9. The number of aryl methyl sites for hydroxylation is 1. The van der Waals surface area contributed by atoms with Gasteiger partial charge in [-0.05, 0) is 36.8 Å². The Morgan fingerprint density at radius 2 is 1.90 bits per heavy atom. The first kappa shape index (κ1) is 14.5. The van der Waals surface area contributed by atoms with E-state index in [-0.39, 0.29) is 11.4 Å². The number of carbonyl (C=O) groups is 1. The molecule has 2 aromatic carbocycles. The van der Waals surface area contributed by atoms with Gasteiger partial charge in [0.25, 0.3) is 0 Å². The van der Waals surface area contributed by atoms with Gasteiger partial charge in [0, 0.05) is 5.02 Å². The second kappa shape index (κ2) is 6.03. The van der Waals surface area contributed by atoms with E-state index in [4.69, 9.17) is 23.2 Å². The van der Waals surface area contributed by atoms with Crippen LogP contribution in [0.15, 0.2) is 36.4 Å². The molecule has 0 aromatic heterocycles. The van der Waals surface area contributed by atoms with Crippen LogP contribution in [0.5, 0.6) is 5.75 Å². The van der Waals surface area contributed by atoms with Gasteiger partial charge >= 0.3 is 6.03 Å². The summed E-state index contributed by atoms with van der Waals surface area (Å²) in [5, 5.41) is 15.6. The molecule has 0 aliphatic rings. The van der Waals surface area contributed by atoms with Crippen molar-refractivity contribution >= 4 is 40.6 Å². The van der Waals surface area contributed by atoms with Crippen molar-refractivity contribution in [2.24, 2.45) is 0 Å². The Labute approximate surface area is 126 Å². The van der Waals surface area contributed by atoms with Gasteiger partial charge in [-0.3, -0.25) is 0 Å². The molecule has 6 heteroatoms. The summed E-state index contributed by atoms with van der Waals surface area (Å²) in [4.78, 5) is 11.9. The molecule has 0 spiro atoms. The van der Waals surface area contributed by atoms with Crippen LogP contribution in [-0.4, -0.2) is 11.1 Å². The molecule has 104 valence electrons. The number of hydrogen-bond acceptors (Lipinski definition) is 2. The molecule has 3 N–H and O–H groups in total. The molecule has 4 nitrogen and oxygen atoms in total. The molecule has 2 amide bonds. The SMILES string of the molecule is Cc1cccc(Cl)c1NC(=O)Nc1cc(Cl)ccc1O. The molecule has 0 bridgehead atoms. The number of halogens is 2. The molecule has 2 rings (SSSR count). The number of urea groups is 1. The van der Waals surface area contributed by atoms with Crippen molar-refractivity contribution in [3.05, 3.63) is 52.0 Å². The van der Waals surface area contributed by atoms with E-state index in [1.165, 1.54) is 18.2 Å². The summed E-state index contributed by atoms with van der Waals surface area (Å²) < 4.78 is 0. The van der Waals surface area contributed by atoms with Crippen LogP contribution in [0.25, 0.3) is 0 Å². The number of phenols is 1. The number of anilines is 2. The Morgan fingerprint density at radius 1 is 1.15 bits per heavy atom. The number of para-hydroxylation sites is 1. The highest BCUT2D eigenvalue weighted by Gasteiger charge is 2.10. The maximum Gasteiger partial charge on any atom is 0.323 e. The van der Waals surface area contributed by atoms with Crippen molar-refractivity contribution < 1.29 is 9.90 Å². The lowest BCUT2D eigenvalue weighted by Crippen LogP contribution is -2.20. The fraction of sp³-hybridized carbons (Fsp3) is 0.0714. The van der Waals surface area contributed by atoms with E-state index in [9.17, 15) is 9.90 Å². The summed E-state index contributed by atoms with van der Waals surface area (Å²) in [6.45, 7) is 1.83. The van der Waals surface area contributed by atoms with Crippen LogP contribution in [-0.2, 0) is 0 Å². The van der Waals surface area contributed by atoms with Crippen LogP contribution >= 0.6 is 23.2 Å². The third kappa shape index (κ3) is 3.35. The van der Waals surface area contributed by atoms with Gasteiger partial charge in [-0.1, -0.05) is 35.3 Å². The lowest BCUT2D eigenvalue weighted by atomic mass is 10.2. The Balaban J connectivity index is 2.15. The van der Waals surface area contributed by atoms with Gasteiger partial charge in [0.2, 0.25) is 0 Å². The van der Waals surface area contributed by atoms with Gasteiger partial charge in [-0.2, -0.15) is 0 Å². The predicted octanol–water partition coefficient (Wildman–Crippen LogP) is 4.65. The molecule has 2 aromatic rings. The minimum Gasteiger partial charge on any atom is -0.506 e. The molecule has 0 aliphatic carbocycles. The van der Waals surface area contributed by atoms with Crippen LogP contribution in [0.3, 0.4) is 0 Å². The zero-order valence-corrected chi connectivity index (χ0v) is 12.1. The van der Waals surface area contributed by atoms with E-state index >= 15 is 0 Å². The highest BCUT2D eigenvalue weighted by atomic mass is 35.5. The van der Waals surface area contributed by atoms with Gasteiger partial charge in [-0.15, -0.1) is 0 Å². The number of hydrogen-bond donors (Lipinski definition) is 3. The molecule has 0 saturated heterocycles. The fourth-order valence-corrected chi connectivity index (χ4v) is 2.11. The molecule has 0 saturated carbocycles. The van der Waals surface area contributed by atoms with Gasteiger partial charge < -0.3 is 15.7 Å². The fourth-order valence-electron chi connectivity index (χ4n) is 1.67. The van der Waals surface area contributed by atoms with E-state index in [0.717, 1.165) is 5.56 Å². The first-order valence-corrected chi connectivity index (χ1v) is 6.54. The van der Waals surface area contributed by atoms with Crippen molar-refractivity contribution in [3.8, 4) is 5.75 Å². The largest absolute Gasteiger partial charge is 0.506 e. The molecule has 0 radical (unpaired) electrons. The quantitative estimate of drug-likeness (QED) is 0.707. The van der Waals surface area contributed by atoms with E-state index < -0.39 is 6.03 Å². The monoisotopic (exact) mass is 310 g/mol. The van der Waals surface area contributed by atoms with Crippen LogP contribution < -0.4 is 10.6 Å². The number of carbonyl (C=O) groups excluding carboxylic acids is 1. The van der Waals surface area contributed by atoms with Gasteiger partial charge in [0.1, 0.15) is 5.75 Å². The van der Waals surface area contributed by atoms with E-state index in [2.05, 4.69) is 10.6 Å². The zero-order chi connectivity index (χ0) is 14.7. The van der Waals surface area contributed by atoms with E-state index in [0.29, 0.717) is 15.7 Å². The third-order valence-electron chi connectivity index (χ3n) is 2.67. The smallest absolute Gasteiger partial charge is 0.323 e. The van der Waals surface area contributed by atoms with Crippen molar-refractivity contribution in [2.45, 2.75) is 6.92 Å². The number of rotatable bonds is 2. The topological polar surface area (TPSA) is 61.4 Å². The first-order valence-electron chi connectivity index (χ1n) is 5.79. The summed E-state index contributed by atoms with van der Waals surface area (Å²) in [5.74, 6) is -0.0690. The van der Waals surface area contributed by atoms with Crippen LogP contribution in [0, 0.1) is 6.92 Å². The Kier molecular flexibility index (Phi) is 4.37. The second-order valence-corrected chi connectivity index (χ2v) is 5.02. The average molecular weight is 311 g/mol. The highest BCUT2D eigenvalue weighted by molar-refractivity contribution is 6.34. The van der Waals surface area contributed by atoms with Crippen LogP contribution in [0.2, 0.25) is 10.0 Å². The first-order chi connectivity index (χ1) is 9.47. The van der Waals surface area contributed by atoms with E-state index in [1.54, 1.807) is 12.1 Å². The number of aromatic hydroxyl groups is 1. The number of nitrogens with one attached hydrogen (secondary N) is 2. The summed E-state index contributed by atoms with van der Waals surface area (Å²) >= 11 is 11.8. The molecule has 0 fully saturated rings. The lowest BCUT2D eigenvalue weighted by molar-refractivity contribution is 0.262. The molecular weight excluding hydrogens is 299 g/mol. The summed E-state index contributed by atoms with van der Waals surface area (Å²) in [6, 6.07) is 9.18. The van der Waals surface area contributed by atoms with Gasteiger partial charge in [-0.25, -0.2) is 4.79 Å². The van der Waals surface area contributed by atoms with Gasteiger partial charge in [0.05, 0.1) is 16.4 Å². The molecule has 0 atom stereocenters. The molecule has 20 heavy (non-hydrogen) atoms. The summed E-state index contributed by atoms with van der Waals surface area (Å²) in [6.07, 6.45) is 0. The predicted molar refractivity (Wildman–Crippen MR) is 81.9 cm³/mol. The average Bonchev–Trinajstić information content (AvgIpc) is 2.38. The van der Waals surface area contributed by atoms with Crippen molar-refractivity contribution in [3.63, 3.8) is 0 Å². The van der Waals surface area contributed by atoms with Crippen molar-refractivity contribution in [1.29, 1.82) is 0 Å². The van der Waals surface area contributed by atoms with Gasteiger partial charge in [0.15, 0.2) is 0 Å².